The summed E-state index contributed by atoms with van der Waals surface area (Å²) in [6, 6.07) is 12.4. The fourth-order valence-electron chi connectivity index (χ4n) is 1.79. The number of carbonyl (C=O) groups is 2. The Balaban J connectivity index is 1.65. The standard InChI is InChI=1S/C16H17N3O3S/c20-14(11-22-12-5-2-1-3-6-12)17-9-10-18-15(21)13-7-4-8-19-16(13)23/h1-8H,9-11H2,(H,17,20)(H,18,21)(H,19,23). The molecule has 6 nitrogen and oxygen atoms in total. The Bertz CT molecular complexity index is 716. The smallest absolute Gasteiger partial charge is 0.258 e. The monoisotopic (exact) mass is 331 g/mol. The van der Waals surface area contributed by atoms with Gasteiger partial charge in [0.1, 0.15) is 10.4 Å². The number of aromatic nitrogens is 1. The average molecular weight is 331 g/mol. The summed E-state index contributed by atoms with van der Waals surface area (Å²) in [7, 11) is 0. The fourth-order valence-corrected chi connectivity index (χ4v) is 2.02. The summed E-state index contributed by atoms with van der Waals surface area (Å²) in [6.45, 7) is 0.549. The molecule has 0 unspecified atom stereocenters. The molecule has 0 aliphatic rings. The van der Waals surface area contributed by atoms with E-state index in [0.29, 0.717) is 29.0 Å². The summed E-state index contributed by atoms with van der Waals surface area (Å²) >= 11 is 5.03. The van der Waals surface area contributed by atoms with E-state index in [1.54, 1.807) is 30.5 Å². The Morgan fingerprint density at radius 1 is 1.04 bits per heavy atom. The van der Waals surface area contributed by atoms with Gasteiger partial charge in [-0.1, -0.05) is 30.4 Å². The van der Waals surface area contributed by atoms with Crippen LogP contribution in [0.25, 0.3) is 0 Å². The normalized spacial score (nSPS) is 9.91. The molecule has 2 rings (SSSR count). The number of aromatic amines is 1. The molecule has 2 amide bonds. The molecule has 0 bridgehead atoms. The summed E-state index contributed by atoms with van der Waals surface area (Å²) in [6.07, 6.45) is 1.66. The minimum absolute atomic E-state index is 0.0675. The Morgan fingerprint density at radius 2 is 1.78 bits per heavy atom. The summed E-state index contributed by atoms with van der Waals surface area (Å²) < 4.78 is 5.69. The third kappa shape index (κ3) is 5.55. The first kappa shape index (κ1) is 16.7. The molecule has 2 aromatic rings. The maximum absolute atomic E-state index is 11.9. The molecular formula is C16H17N3O3S. The van der Waals surface area contributed by atoms with Crippen LogP contribution in [0.4, 0.5) is 0 Å². The second-order valence-electron chi connectivity index (χ2n) is 4.62. The number of amides is 2. The van der Waals surface area contributed by atoms with Crippen LogP contribution in [0.2, 0.25) is 0 Å². The number of benzene rings is 1. The van der Waals surface area contributed by atoms with Gasteiger partial charge in [0.15, 0.2) is 6.61 Å². The van der Waals surface area contributed by atoms with E-state index in [1.807, 2.05) is 18.2 Å². The third-order valence-electron chi connectivity index (χ3n) is 2.91. The minimum atomic E-state index is -0.276. The van der Waals surface area contributed by atoms with Crippen LogP contribution in [-0.2, 0) is 4.79 Å². The van der Waals surface area contributed by atoms with Gasteiger partial charge < -0.3 is 20.4 Å². The van der Waals surface area contributed by atoms with E-state index in [1.165, 1.54) is 0 Å². The van der Waals surface area contributed by atoms with Gasteiger partial charge in [-0.3, -0.25) is 9.59 Å². The van der Waals surface area contributed by atoms with Crippen LogP contribution < -0.4 is 15.4 Å². The molecule has 0 atom stereocenters. The van der Waals surface area contributed by atoms with Crippen molar-refractivity contribution < 1.29 is 14.3 Å². The summed E-state index contributed by atoms with van der Waals surface area (Å²) in [5.41, 5.74) is 0.404. The maximum atomic E-state index is 11.9. The quantitative estimate of drug-likeness (QED) is 0.532. The van der Waals surface area contributed by atoms with Crippen LogP contribution in [0.1, 0.15) is 10.4 Å². The van der Waals surface area contributed by atoms with E-state index < -0.39 is 0 Å². The number of H-pyrrole nitrogens is 1. The third-order valence-corrected chi connectivity index (χ3v) is 3.25. The molecule has 7 heteroatoms. The highest BCUT2D eigenvalue weighted by Crippen LogP contribution is 2.07. The lowest BCUT2D eigenvalue weighted by Gasteiger charge is -2.08. The number of rotatable bonds is 7. The molecule has 0 saturated heterocycles. The molecule has 0 saturated carbocycles. The lowest BCUT2D eigenvalue weighted by atomic mass is 10.3. The van der Waals surface area contributed by atoms with Crippen LogP contribution in [0.5, 0.6) is 5.75 Å². The molecule has 1 aromatic heterocycles. The van der Waals surface area contributed by atoms with Crippen LogP contribution in [0.3, 0.4) is 0 Å². The predicted molar refractivity (Wildman–Crippen MR) is 88.9 cm³/mol. The molecule has 3 N–H and O–H groups in total. The molecule has 120 valence electrons. The zero-order chi connectivity index (χ0) is 16.5. The lowest BCUT2D eigenvalue weighted by Crippen LogP contribution is -2.36. The minimum Gasteiger partial charge on any atom is -0.484 e. The first-order valence-corrected chi connectivity index (χ1v) is 7.48. The van der Waals surface area contributed by atoms with Crippen molar-refractivity contribution in [3.8, 4) is 5.75 Å². The molecule has 1 aromatic carbocycles. The van der Waals surface area contributed by atoms with E-state index in [9.17, 15) is 9.59 Å². The Hall–Kier alpha value is -2.67. The van der Waals surface area contributed by atoms with Gasteiger partial charge in [0.2, 0.25) is 0 Å². The van der Waals surface area contributed by atoms with Crippen LogP contribution in [0, 0.1) is 4.64 Å². The SMILES string of the molecule is O=C(COc1ccccc1)NCCNC(=O)c1ccc[nH]c1=S. The number of nitrogens with one attached hydrogen (secondary N) is 3. The molecule has 0 fully saturated rings. The van der Waals surface area contributed by atoms with Crippen molar-refractivity contribution in [2.24, 2.45) is 0 Å². The Morgan fingerprint density at radius 3 is 2.52 bits per heavy atom. The first-order valence-electron chi connectivity index (χ1n) is 7.07. The molecular weight excluding hydrogens is 314 g/mol. The maximum Gasteiger partial charge on any atom is 0.258 e. The molecule has 1 heterocycles. The molecule has 23 heavy (non-hydrogen) atoms. The van der Waals surface area contributed by atoms with Gasteiger partial charge in [0.05, 0.1) is 5.56 Å². The van der Waals surface area contributed by atoms with E-state index in [-0.39, 0.29) is 18.4 Å². The van der Waals surface area contributed by atoms with E-state index in [2.05, 4.69) is 15.6 Å². The van der Waals surface area contributed by atoms with Gasteiger partial charge in [-0.15, -0.1) is 0 Å². The molecule has 0 aliphatic heterocycles. The number of carbonyl (C=O) groups excluding carboxylic acids is 2. The Labute approximate surface area is 138 Å². The first-order chi connectivity index (χ1) is 11.2. The van der Waals surface area contributed by atoms with Crippen LogP contribution >= 0.6 is 12.2 Å². The van der Waals surface area contributed by atoms with Crippen LogP contribution in [-0.4, -0.2) is 36.5 Å². The summed E-state index contributed by atoms with van der Waals surface area (Å²) in [5.74, 6) is 0.107. The fraction of sp³-hybridized carbons (Fsp3) is 0.188. The van der Waals surface area contributed by atoms with Crippen LogP contribution in [0.15, 0.2) is 48.7 Å². The van der Waals surface area contributed by atoms with Crippen molar-refractivity contribution >= 4 is 24.0 Å². The van der Waals surface area contributed by atoms with Gasteiger partial charge in [0, 0.05) is 19.3 Å². The predicted octanol–water partition coefficient (Wildman–Crippen LogP) is 1.67. The van der Waals surface area contributed by atoms with Crippen molar-refractivity contribution in [2.75, 3.05) is 19.7 Å². The number of para-hydroxylation sites is 1. The van der Waals surface area contributed by atoms with Crippen molar-refractivity contribution in [2.45, 2.75) is 0 Å². The topological polar surface area (TPSA) is 83.2 Å². The largest absolute Gasteiger partial charge is 0.484 e. The van der Waals surface area contributed by atoms with Crippen molar-refractivity contribution in [1.82, 2.24) is 15.6 Å². The van der Waals surface area contributed by atoms with Crippen molar-refractivity contribution in [3.05, 3.63) is 58.9 Å². The van der Waals surface area contributed by atoms with Gasteiger partial charge in [-0.05, 0) is 24.3 Å². The highest BCUT2D eigenvalue weighted by atomic mass is 32.1. The number of pyridine rings is 1. The highest BCUT2D eigenvalue weighted by molar-refractivity contribution is 7.71. The van der Waals surface area contributed by atoms with E-state index in [0.717, 1.165) is 0 Å². The average Bonchev–Trinajstić information content (AvgIpc) is 2.58. The second kappa shape index (κ2) is 8.70. The van der Waals surface area contributed by atoms with E-state index in [4.69, 9.17) is 17.0 Å². The summed E-state index contributed by atoms with van der Waals surface area (Å²) in [4.78, 5) is 26.3. The van der Waals surface area contributed by atoms with Gasteiger partial charge in [-0.2, -0.15) is 0 Å². The van der Waals surface area contributed by atoms with E-state index >= 15 is 0 Å². The zero-order valence-corrected chi connectivity index (χ0v) is 13.2. The van der Waals surface area contributed by atoms with Crippen molar-refractivity contribution in [3.63, 3.8) is 0 Å². The highest BCUT2D eigenvalue weighted by Gasteiger charge is 2.07. The Kier molecular flexibility index (Phi) is 6.31. The molecule has 0 spiro atoms. The van der Waals surface area contributed by atoms with Gasteiger partial charge >= 0.3 is 0 Å². The second-order valence-corrected chi connectivity index (χ2v) is 5.03. The van der Waals surface area contributed by atoms with Gasteiger partial charge in [0.25, 0.3) is 11.8 Å². The van der Waals surface area contributed by atoms with Gasteiger partial charge in [-0.25, -0.2) is 0 Å². The molecule has 0 radical (unpaired) electrons. The number of ether oxygens (including phenoxy) is 1. The number of hydrogen-bond donors (Lipinski definition) is 3. The summed E-state index contributed by atoms with van der Waals surface area (Å²) in [5, 5.41) is 5.35. The molecule has 0 aliphatic carbocycles. The zero-order valence-electron chi connectivity index (χ0n) is 12.4. The van der Waals surface area contributed by atoms with Crippen molar-refractivity contribution in [1.29, 1.82) is 0 Å². The lowest BCUT2D eigenvalue weighted by molar-refractivity contribution is -0.123. The number of hydrogen-bond acceptors (Lipinski definition) is 4.